The smallest absolute Gasteiger partial charge is 0.306 e. The van der Waals surface area contributed by atoms with Gasteiger partial charge in [0.05, 0.1) is 5.92 Å². The average Bonchev–Trinajstić information content (AvgIpc) is 2.57. The topological polar surface area (TPSA) is 74.6 Å². The van der Waals surface area contributed by atoms with Crippen molar-refractivity contribution in [3.63, 3.8) is 0 Å². The van der Waals surface area contributed by atoms with Crippen LogP contribution >= 0.6 is 0 Å². The Morgan fingerprint density at radius 3 is 2.36 bits per heavy atom. The van der Waals surface area contributed by atoms with E-state index in [1.165, 1.54) is 31.3 Å². The van der Waals surface area contributed by atoms with E-state index in [0.29, 0.717) is 5.92 Å². The summed E-state index contributed by atoms with van der Waals surface area (Å²) in [6.07, 6.45) is 16.3. The molecule has 0 aromatic rings. The second kappa shape index (κ2) is 13.0. The Morgan fingerprint density at radius 2 is 1.68 bits per heavy atom. The Labute approximate surface area is 152 Å². The predicted molar refractivity (Wildman–Crippen MR) is 101 cm³/mol. The first-order valence-electron chi connectivity index (χ1n) is 10.2. The molecule has 2 atom stereocenters. The Morgan fingerprint density at radius 1 is 1.00 bits per heavy atom. The zero-order chi connectivity index (χ0) is 18.5. The number of carboxylic acids is 2. The highest BCUT2D eigenvalue weighted by Crippen LogP contribution is 2.34. The van der Waals surface area contributed by atoms with Crippen molar-refractivity contribution >= 4 is 11.9 Å². The predicted octanol–water partition coefficient (Wildman–Crippen LogP) is 5.81. The van der Waals surface area contributed by atoms with Gasteiger partial charge in [0.15, 0.2) is 0 Å². The molecule has 0 spiro atoms. The van der Waals surface area contributed by atoms with Crippen molar-refractivity contribution in [2.24, 2.45) is 11.8 Å². The van der Waals surface area contributed by atoms with Gasteiger partial charge in [-0.2, -0.15) is 0 Å². The van der Waals surface area contributed by atoms with E-state index >= 15 is 0 Å². The molecule has 0 amide bonds. The van der Waals surface area contributed by atoms with E-state index in [0.717, 1.165) is 57.8 Å². The van der Waals surface area contributed by atoms with Crippen LogP contribution in [-0.2, 0) is 9.59 Å². The molecule has 25 heavy (non-hydrogen) atoms. The molecule has 2 N–H and O–H groups in total. The molecule has 0 heterocycles. The molecule has 144 valence electrons. The summed E-state index contributed by atoms with van der Waals surface area (Å²) in [5, 5.41) is 18.0. The molecule has 1 aliphatic carbocycles. The third-order valence-corrected chi connectivity index (χ3v) is 5.23. The molecule has 1 rings (SSSR count). The Balaban J connectivity index is 2.31. The summed E-state index contributed by atoms with van der Waals surface area (Å²) in [5.41, 5.74) is 1.34. The molecular weight excluding hydrogens is 316 g/mol. The van der Waals surface area contributed by atoms with Crippen LogP contribution in [0.25, 0.3) is 0 Å². The molecule has 0 fully saturated rings. The lowest BCUT2D eigenvalue weighted by Crippen LogP contribution is -2.22. The minimum absolute atomic E-state index is 0.202. The van der Waals surface area contributed by atoms with Crippen molar-refractivity contribution < 1.29 is 19.8 Å². The average molecular weight is 353 g/mol. The van der Waals surface area contributed by atoms with Crippen molar-refractivity contribution in [3.8, 4) is 0 Å². The first kappa shape index (κ1) is 21.7. The van der Waals surface area contributed by atoms with Crippen molar-refractivity contribution in [2.45, 2.75) is 96.8 Å². The molecule has 0 aliphatic heterocycles. The first-order chi connectivity index (χ1) is 12.0. The van der Waals surface area contributed by atoms with Gasteiger partial charge >= 0.3 is 11.9 Å². The summed E-state index contributed by atoms with van der Waals surface area (Å²) in [7, 11) is 0. The van der Waals surface area contributed by atoms with Crippen LogP contribution in [0.1, 0.15) is 96.8 Å². The van der Waals surface area contributed by atoms with Gasteiger partial charge in [-0.25, -0.2) is 0 Å². The van der Waals surface area contributed by atoms with Crippen LogP contribution < -0.4 is 0 Å². The van der Waals surface area contributed by atoms with Crippen molar-refractivity contribution in [1.82, 2.24) is 0 Å². The second-order valence-corrected chi connectivity index (χ2v) is 7.57. The summed E-state index contributed by atoms with van der Waals surface area (Å²) in [6, 6.07) is 0. The third kappa shape index (κ3) is 10.3. The van der Waals surface area contributed by atoms with Crippen LogP contribution in [0.2, 0.25) is 0 Å². The molecule has 0 bridgehead atoms. The maximum atomic E-state index is 11.4. The Hall–Kier alpha value is -1.32. The molecule has 2 unspecified atom stereocenters. The van der Waals surface area contributed by atoms with E-state index in [4.69, 9.17) is 5.11 Å². The number of allylic oxidation sites excluding steroid dienone is 2. The largest absolute Gasteiger partial charge is 0.481 e. The molecule has 0 saturated heterocycles. The molecule has 4 heteroatoms. The van der Waals surface area contributed by atoms with Crippen molar-refractivity contribution in [1.29, 1.82) is 0 Å². The molecule has 0 aromatic heterocycles. The van der Waals surface area contributed by atoms with Crippen LogP contribution in [0.3, 0.4) is 0 Å². The van der Waals surface area contributed by atoms with E-state index in [1.54, 1.807) is 0 Å². The lowest BCUT2D eigenvalue weighted by molar-refractivity contribution is -0.142. The van der Waals surface area contributed by atoms with Crippen molar-refractivity contribution in [3.05, 3.63) is 11.6 Å². The highest BCUT2D eigenvalue weighted by atomic mass is 16.4. The number of carbonyl (C=O) groups is 2. The number of unbranched alkanes of at least 4 members (excludes halogenated alkanes) is 7. The number of hydrogen-bond acceptors (Lipinski definition) is 2. The number of hydrogen-bond donors (Lipinski definition) is 2. The Kier molecular flexibility index (Phi) is 11.3. The van der Waals surface area contributed by atoms with Crippen molar-refractivity contribution in [2.75, 3.05) is 0 Å². The fraction of sp³-hybridized carbons (Fsp3) is 0.810. The summed E-state index contributed by atoms with van der Waals surface area (Å²) in [6.45, 7) is 2.21. The molecule has 0 aromatic carbocycles. The normalized spacial score (nSPS) is 20.3. The summed E-state index contributed by atoms with van der Waals surface area (Å²) in [5.74, 6) is -1.11. The van der Waals surface area contributed by atoms with Gasteiger partial charge < -0.3 is 10.2 Å². The van der Waals surface area contributed by atoms with Crippen LogP contribution in [0.5, 0.6) is 0 Å². The highest BCUT2D eigenvalue weighted by Gasteiger charge is 2.26. The van der Waals surface area contributed by atoms with Gasteiger partial charge in [0.2, 0.25) is 0 Å². The van der Waals surface area contributed by atoms with Gasteiger partial charge in [0.1, 0.15) is 0 Å². The third-order valence-electron chi connectivity index (χ3n) is 5.23. The van der Waals surface area contributed by atoms with Gasteiger partial charge in [-0.3, -0.25) is 9.59 Å². The van der Waals surface area contributed by atoms with E-state index in [2.05, 4.69) is 13.0 Å². The summed E-state index contributed by atoms with van der Waals surface area (Å²) in [4.78, 5) is 21.9. The molecule has 4 nitrogen and oxygen atoms in total. The summed E-state index contributed by atoms with van der Waals surface area (Å²) < 4.78 is 0. The molecule has 0 saturated carbocycles. The Bertz CT molecular complexity index is 428. The molecule has 0 radical (unpaired) electrons. The quantitative estimate of drug-likeness (QED) is 0.305. The van der Waals surface area contributed by atoms with E-state index < -0.39 is 11.9 Å². The van der Waals surface area contributed by atoms with E-state index in [9.17, 15) is 14.7 Å². The fourth-order valence-electron chi connectivity index (χ4n) is 3.80. The van der Waals surface area contributed by atoms with Gasteiger partial charge in [-0.15, -0.1) is 0 Å². The van der Waals surface area contributed by atoms with E-state index in [1.807, 2.05) is 0 Å². The number of rotatable bonds is 14. The zero-order valence-corrected chi connectivity index (χ0v) is 15.8. The lowest BCUT2D eigenvalue weighted by Gasteiger charge is -2.26. The van der Waals surface area contributed by atoms with Crippen LogP contribution in [0.4, 0.5) is 0 Å². The first-order valence-corrected chi connectivity index (χ1v) is 10.2. The zero-order valence-electron chi connectivity index (χ0n) is 15.8. The van der Waals surface area contributed by atoms with Gasteiger partial charge in [-0.1, -0.05) is 63.5 Å². The monoisotopic (exact) mass is 352 g/mol. The standard InChI is InChI=1S/C21H36O4/c1-2-3-4-8-11-17-14-18(16-19(15-17)21(24)25)12-9-6-5-7-10-13-20(22)23/h14,17,19H,2-13,15-16H2,1H3,(H,22,23)(H,24,25). The maximum absolute atomic E-state index is 11.4. The van der Waals surface area contributed by atoms with Crippen LogP contribution in [-0.4, -0.2) is 22.2 Å². The molecular formula is C21H36O4. The fourth-order valence-corrected chi connectivity index (χ4v) is 3.80. The minimum atomic E-state index is -0.711. The summed E-state index contributed by atoms with van der Waals surface area (Å²) >= 11 is 0. The molecule has 1 aliphatic rings. The van der Waals surface area contributed by atoms with Crippen LogP contribution in [0, 0.1) is 11.8 Å². The highest BCUT2D eigenvalue weighted by molar-refractivity contribution is 5.70. The minimum Gasteiger partial charge on any atom is -0.481 e. The van der Waals surface area contributed by atoms with Gasteiger partial charge in [0, 0.05) is 6.42 Å². The number of carboxylic acid groups (broad SMARTS) is 2. The second-order valence-electron chi connectivity index (χ2n) is 7.57. The number of aliphatic carboxylic acids is 2. The van der Waals surface area contributed by atoms with E-state index in [-0.39, 0.29) is 12.3 Å². The lowest BCUT2D eigenvalue weighted by atomic mass is 9.79. The van der Waals surface area contributed by atoms with Crippen LogP contribution in [0.15, 0.2) is 11.6 Å². The van der Waals surface area contributed by atoms with Gasteiger partial charge in [-0.05, 0) is 44.4 Å². The maximum Gasteiger partial charge on any atom is 0.306 e. The SMILES string of the molecule is CCCCCCC1C=C(CCCCCCCC(=O)O)CC(C(=O)O)C1. The van der Waals surface area contributed by atoms with Gasteiger partial charge in [0.25, 0.3) is 0 Å².